The van der Waals surface area contributed by atoms with Crippen molar-refractivity contribution < 1.29 is 19.8 Å². The zero-order valence-electron chi connectivity index (χ0n) is 27.9. The highest BCUT2D eigenvalue weighted by molar-refractivity contribution is 6.04. The van der Waals surface area contributed by atoms with Crippen molar-refractivity contribution in [2.45, 2.75) is 116 Å². The zero-order valence-corrected chi connectivity index (χ0v) is 27.9. The summed E-state index contributed by atoms with van der Waals surface area (Å²) in [5, 5.41) is 24.9. The molecule has 2 aromatic heterocycles. The molecule has 47 heavy (non-hydrogen) atoms. The number of nitrogens with one attached hydrogen (secondary N) is 1. The minimum absolute atomic E-state index is 0.00327. The van der Waals surface area contributed by atoms with Gasteiger partial charge < -0.3 is 14.9 Å². The lowest BCUT2D eigenvalue weighted by molar-refractivity contribution is -0.118. The van der Waals surface area contributed by atoms with Crippen LogP contribution in [0.4, 0.5) is 0 Å². The molecule has 0 spiro atoms. The van der Waals surface area contributed by atoms with E-state index >= 15 is 0 Å². The minimum Gasteiger partial charge on any atom is -0.388 e. The number of aliphatic hydroxyl groups excluding tert-OH is 1. The molecule has 11 nitrogen and oxygen atoms in total. The Morgan fingerprint density at radius 3 is 2.43 bits per heavy atom. The van der Waals surface area contributed by atoms with Gasteiger partial charge in [-0.15, -0.1) is 0 Å². The first-order chi connectivity index (χ1) is 22.5. The molecule has 2 atom stereocenters. The highest BCUT2D eigenvalue weighted by atomic mass is 16.7. The number of aliphatic hydroxyl groups is 2. The van der Waals surface area contributed by atoms with Crippen LogP contribution in [0.5, 0.6) is 0 Å². The number of benzene rings is 2. The van der Waals surface area contributed by atoms with Crippen molar-refractivity contribution in [3.05, 3.63) is 87.1 Å². The second kappa shape index (κ2) is 13.7. The number of unbranched alkanes of at least 4 members (excludes halogenated alkanes) is 1. The summed E-state index contributed by atoms with van der Waals surface area (Å²) in [6, 6.07) is 16.1. The van der Waals surface area contributed by atoms with Gasteiger partial charge in [-0.2, -0.15) is 10.1 Å². The van der Waals surface area contributed by atoms with Crippen molar-refractivity contribution in [1.82, 2.24) is 24.6 Å². The third kappa shape index (κ3) is 7.03. The number of aryl methyl sites for hydroxylation is 2. The van der Waals surface area contributed by atoms with Crippen molar-refractivity contribution in [2.75, 3.05) is 0 Å². The van der Waals surface area contributed by atoms with Crippen molar-refractivity contribution in [3.8, 4) is 11.1 Å². The molecule has 1 saturated carbocycles. The molecule has 11 heteroatoms. The standard InChI is InChI=1S/C36H46N6O5/c1-6-7-12-31-30(21-24-13-15-25(16-14-24)28-10-8-9-11-29(28)32-38-35(44)47-40-32)33(43)41(34-37-23(3)39-42(31)34)26-17-19-27(20-18-26)46-22(2)36(4,5)45/h8-11,13-16,22,26-27,35,44-45H,6-7,12,17-21H2,1-5H3,(H,38,40). The minimum atomic E-state index is -1.23. The predicted octanol–water partition coefficient (Wildman–Crippen LogP) is 5.02. The summed E-state index contributed by atoms with van der Waals surface area (Å²) in [6.07, 6.45) is 4.87. The fourth-order valence-corrected chi connectivity index (χ4v) is 6.57. The van der Waals surface area contributed by atoms with Gasteiger partial charge >= 0.3 is 0 Å². The average molecular weight is 643 g/mol. The summed E-state index contributed by atoms with van der Waals surface area (Å²) in [6.45, 7) is 9.48. The SMILES string of the molecule is CCCCc1c(Cc2ccc(-c3ccccc3C3=NC(O)ON3)cc2)c(=O)n(C2CCC(OC(C)C(C)(C)O)CC2)c2nc(C)nn12. The third-order valence-electron chi connectivity index (χ3n) is 9.49. The maximum Gasteiger partial charge on any atom is 0.280 e. The van der Waals surface area contributed by atoms with Crippen LogP contribution in [-0.2, 0) is 22.4 Å². The van der Waals surface area contributed by atoms with Gasteiger partial charge in [0.2, 0.25) is 5.78 Å². The smallest absolute Gasteiger partial charge is 0.280 e. The Labute approximate surface area is 275 Å². The van der Waals surface area contributed by atoms with Gasteiger partial charge in [0.05, 0.1) is 23.5 Å². The van der Waals surface area contributed by atoms with Gasteiger partial charge in [-0.05, 0) is 82.9 Å². The molecule has 0 saturated heterocycles. The van der Waals surface area contributed by atoms with Gasteiger partial charge in [0.1, 0.15) is 5.82 Å². The molecule has 0 amide bonds. The van der Waals surface area contributed by atoms with Crippen LogP contribution in [0.2, 0.25) is 0 Å². The van der Waals surface area contributed by atoms with E-state index in [1.54, 1.807) is 13.8 Å². The summed E-state index contributed by atoms with van der Waals surface area (Å²) in [4.78, 5) is 28.5. The number of hydrogen-bond donors (Lipinski definition) is 3. The zero-order chi connectivity index (χ0) is 33.3. The molecule has 1 fully saturated rings. The molecule has 250 valence electrons. The highest BCUT2D eigenvalue weighted by Gasteiger charge is 2.32. The van der Waals surface area contributed by atoms with E-state index in [9.17, 15) is 15.0 Å². The largest absolute Gasteiger partial charge is 0.388 e. The Hall–Kier alpha value is -3.90. The number of aliphatic imine (C=N–C) groups is 1. The number of aromatic nitrogens is 4. The Kier molecular flexibility index (Phi) is 9.61. The lowest BCUT2D eigenvalue weighted by atomic mass is 9.91. The van der Waals surface area contributed by atoms with Crippen molar-refractivity contribution in [2.24, 2.45) is 4.99 Å². The summed E-state index contributed by atoms with van der Waals surface area (Å²) in [5.74, 6) is 1.73. The summed E-state index contributed by atoms with van der Waals surface area (Å²) >= 11 is 0. The van der Waals surface area contributed by atoms with Crippen molar-refractivity contribution in [1.29, 1.82) is 0 Å². The Balaban J connectivity index is 1.32. The van der Waals surface area contributed by atoms with Gasteiger partial charge in [-0.25, -0.2) is 19.8 Å². The van der Waals surface area contributed by atoms with E-state index in [4.69, 9.17) is 19.7 Å². The van der Waals surface area contributed by atoms with Gasteiger partial charge in [0, 0.05) is 23.6 Å². The van der Waals surface area contributed by atoms with Crippen LogP contribution < -0.4 is 11.0 Å². The Bertz CT molecular complexity index is 1800. The molecule has 1 aliphatic heterocycles. The fourth-order valence-electron chi connectivity index (χ4n) is 6.57. The van der Waals surface area contributed by atoms with Gasteiger partial charge in [0.15, 0.2) is 5.84 Å². The lowest BCUT2D eigenvalue weighted by Crippen LogP contribution is -2.40. The van der Waals surface area contributed by atoms with E-state index in [2.05, 4.69) is 41.7 Å². The van der Waals surface area contributed by atoms with Crippen LogP contribution in [-0.4, -0.2) is 59.4 Å². The monoisotopic (exact) mass is 642 g/mol. The molecule has 2 aliphatic rings. The maximum atomic E-state index is 14.5. The molecule has 3 heterocycles. The summed E-state index contributed by atoms with van der Waals surface area (Å²) < 4.78 is 10.0. The van der Waals surface area contributed by atoms with E-state index in [1.165, 1.54) is 0 Å². The number of fused-ring (bicyclic) bond motifs is 1. The van der Waals surface area contributed by atoms with Crippen LogP contribution in [0.15, 0.2) is 58.3 Å². The normalized spacial score (nSPS) is 20.7. The fraction of sp³-hybridized carbons (Fsp3) is 0.500. The van der Waals surface area contributed by atoms with Crippen LogP contribution >= 0.6 is 0 Å². The first kappa shape index (κ1) is 33.0. The molecule has 2 aromatic carbocycles. The molecular weight excluding hydrogens is 596 g/mol. The molecule has 1 aliphatic carbocycles. The van der Waals surface area contributed by atoms with E-state index in [-0.39, 0.29) is 23.8 Å². The number of ether oxygens (including phenoxy) is 1. The number of rotatable bonds is 11. The number of nitrogens with zero attached hydrogens (tertiary/aromatic N) is 5. The van der Waals surface area contributed by atoms with E-state index in [0.29, 0.717) is 23.9 Å². The van der Waals surface area contributed by atoms with Crippen molar-refractivity contribution in [3.63, 3.8) is 0 Å². The lowest BCUT2D eigenvalue weighted by Gasteiger charge is -2.35. The van der Waals surface area contributed by atoms with E-state index in [1.807, 2.05) is 47.2 Å². The molecule has 2 unspecified atom stereocenters. The Morgan fingerprint density at radius 2 is 1.79 bits per heavy atom. The van der Waals surface area contributed by atoms with Crippen LogP contribution in [0.3, 0.4) is 0 Å². The van der Waals surface area contributed by atoms with Gasteiger partial charge in [0.25, 0.3) is 12.0 Å². The van der Waals surface area contributed by atoms with E-state index < -0.39 is 12.0 Å². The van der Waals surface area contributed by atoms with Gasteiger partial charge in [-0.1, -0.05) is 61.9 Å². The number of hydroxylamine groups is 1. The molecule has 0 bridgehead atoms. The molecule has 3 N–H and O–H groups in total. The molecule has 4 aromatic rings. The van der Waals surface area contributed by atoms with Crippen LogP contribution in [0.1, 0.15) is 100 Å². The highest BCUT2D eigenvalue weighted by Crippen LogP contribution is 2.33. The second-order valence-electron chi connectivity index (χ2n) is 13.4. The van der Waals surface area contributed by atoms with Crippen molar-refractivity contribution >= 4 is 11.6 Å². The van der Waals surface area contributed by atoms with Crippen LogP contribution in [0, 0.1) is 6.92 Å². The summed E-state index contributed by atoms with van der Waals surface area (Å²) in [5.41, 5.74) is 7.26. The maximum absolute atomic E-state index is 14.5. The van der Waals surface area contributed by atoms with Gasteiger partial charge in [-0.3, -0.25) is 9.36 Å². The third-order valence-corrected chi connectivity index (χ3v) is 9.49. The predicted molar refractivity (Wildman–Crippen MR) is 180 cm³/mol. The Morgan fingerprint density at radius 1 is 1.09 bits per heavy atom. The quantitative estimate of drug-likeness (QED) is 0.208. The molecule has 6 rings (SSSR count). The first-order valence-corrected chi connectivity index (χ1v) is 16.8. The number of hydrogen-bond acceptors (Lipinski definition) is 9. The van der Waals surface area contributed by atoms with E-state index in [0.717, 1.165) is 78.5 Å². The summed E-state index contributed by atoms with van der Waals surface area (Å²) in [7, 11) is 0. The average Bonchev–Trinajstić information content (AvgIpc) is 3.66. The molecule has 0 radical (unpaired) electrons. The first-order valence-electron chi connectivity index (χ1n) is 16.8. The molecular formula is C36H46N6O5. The second-order valence-corrected chi connectivity index (χ2v) is 13.4. The van der Waals surface area contributed by atoms with Crippen LogP contribution in [0.25, 0.3) is 16.9 Å². The number of amidine groups is 1. The topological polar surface area (TPSA) is 136 Å².